The molecule has 0 aliphatic carbocycles. The Morgan fingerprint density at radius 2 is 2.12 bits per heavy atom. The predicted molar refractivity (Wildman–Crippen MR) is 120 cm³/mol. The zero-order chi connectivity index (χ0) is 22.7. The number of tetrazole rings is 1. The Balaban J connectivity index is 1.40. The van der Waals surface area contributed by atoms with Crippen LogP contribution in [0.4, 0.5) is 0 Å². The maximum absolute atomic E-state index is 12.9. The van der Waals surface area contributed by atoms with E-state index in [9.17, 15) is 4.79 Å². The molecule has 32 heavy (non-hydrogen) atoms. The molecule has 0 spiro atoms. The van der Waals surface area contributed by atoms with Crippen LogP contribution in [0.3, 0.4) is 0 Å². The summed E-state index contributed by atoms with van der Waals surface area (Å²) in [5.41, 5.74) is 2.73. The standard InChI is InChI=1S/C22H26ClN7O2/c1-15-11-28(13-21-14-32-17(3)24-21)8-9-29(15)22(31)7-5-18-4-6-20(23)10-19(18)12-30-26-16(2)25-27-30/h4-7,10,14-15H,8-9,11-13H2,1-3H3. The number of piperazine rings is 1. The van der Waals surface area contributed by atoms with Crippen molar-refractivity contribution in [2.75, 3.05) is 19.6 Å². The summed E-state index contributed by atoms with van der Waals surface area (Å²) in [6.45, 7) is 9.08. The van der Waals surface area contributed by atoms with E-state index in [1.165, 1.54) is 4.80 Å². The van der Waals surface area contributed by atoms with Gasteiger partial charge in [0.1, 0.15) is 6.26 Å². The molecule has 1 saturated heterocycles. The first-order valence-corrected chi connectivity index (χ1v) is 10.9. The van der Waals surface area contributed by atoms with E-state index >= 15 is 0 Å². The van der Waals surface area contributed by atoms with Crippen molar-refractivity contribution >= 4 is 23.6 Å². The smallest absolute Gasteiger partial charge is 0.246 e. The third-order valence-electron chi connectivity index (χ3n) is 5.42. The number of aromatic nitrogens is 5. The van der Waals surface area contributed by atoms with Gasteiger partial charge in [0.25, 0.3) is 0 Å². The number of nitrogens with zero attached hydrogens (tertiary/aromatic N) is 7. The summed E-state index contributed by atoms with van der Waals surface area (Å²) in [6.07, 6.45) is 5.15. The quantitative estimate of drug-likeness (QED) is 0.527. The van der Waals surface area contributed by atoms with Gasteiger partial charge in [0.15, 0.2) is 11.7 Å². The minimum Gasteiger partial charge on any atom is -0.449 e. The van der Waals surface area contributed by atoms with E-state index in [1.54, 1.807) is 19.3 Å². The molecule has 3 aromatic rings. The monoisotopic (exact) mass is 455 g/mol. The second-order valence-electron chi connectivity index (χ2n) is 8.02. The van der Waals surface area contributed by atoms with Gasteiger partial charge in [-0.15, -0.1) is 10.2 Å². The van der Waals surface area contributed by atoms with Crippen LogP contribution < -0.4 is 0 Å². The number of rotatable bonds is 6. The molecule has 9 nitrogen and oxygen atoms in total. The first-order valence-electron chi connectivity index (χ1n) is 10.5. The first-order chi connectivity index (χ1) is 15.4. The van der Waals surface area contributed by atoms with Gasteiger partial charge in [0.05, 0.1) is 12.2 Å². The minimum absolute atomic E-state index is 0.00921. The maximum atomic E-state index is 12.9. The molecule has 1 aliphatic heterocycles. The van der Waals surface area contributed by atoms with Crippen LogP contribution in [-0.4, -0.2) is 66.6 Å². The molecule has 1 unspecified atom stereocenters. The molecule has 3 heterocycles. The summed E-state index contributed by atoms with van der Waals surface area (Å²) in [6, 6.07) is 5.66. The largest absolute Gasteiger partial charge is 0.449 e. The van der Waals surface area contributed by atoms with Gasteiger partial charge in [-0.2, -0.15) is 4.80 Å². The van der Waals surface area contributed by atoms with Crippen LogP contribution in [0.2, 0.25) is 5.02 Å². The van der Waals surface area contributed by atoms with Gasteiger partial charge in [-0.3, -0.25) is 9.69 Å². The van der Waals surface area contributed by atoms with Crippen molar-refractivity contribution in [1.29, 1.82) is 0 Å². The highest BCUT2D eigenvalue weighted by Gasteiger charge is 2.26. The number of hydrogen-bond donors (Lipinski definition) is 0. The summed E-state index contributed by atoms with van der Waals surface area (Å²) in [4.78, 5) is 23.0. The predicted octanol–water partition coefficient (Wildman–Crippen LogP) is 2.73. The Morgan fingerprint density at radius 3 is 2.81 bits per heavy atom. The fraction of sp³-hybridized carbons (Fsp3) is 0.409. The molecule has 4 rings (SSSR count). The van der Waals surface area contributed by atoms with E-state index in [0.29, 0.717) is 29.8 Å². The summed E-state index contributed by atoms with van der Waals surface area (Å²) in [5, 5.41) is 12.8. The highest BCUT2D eigenvalue weighted by Crippen LogP contribution is 2.19. The maximum Gasteiger partial charge on any atom is 0.246 e. The first kappa shape index (κ1) is 22.2. The van der Waals surface area contributed by atoms with E-state index in [0.717, 1.165) is 36.5 Å². The van der Waals surface area contributed by atoms with E-state index in [4.69, 9.17) is 16.0 Å². The molecule has 0 N–H and O–H groups in total. The highest BCUT2D eigenvalue weighted by molar-refractivity contribution is 6.30. The van der Waals surface area contributed by atoms with Gasteiger partial charge in [-0.25, -0.2) is 4.98 Å². The zero-order valence-corrected chi connectivity index (χ0v) is 19.2. The van der Waals surface area contributed by atoms with Gasteiger partial charge < -0.3 is 9.32 Å². The lowest BCUT2D eigenvalue weighted by Crippen LogP contribution is -2.53. The topological polar surface area (TPSA) is 93.2 Å². The van der Waals surface area contributed by atoms with E-state index in [-0.39, 0.29) is 11.9 Å². The molecule has 0 saturated carbocycles. The molecule has 1 atom stereocenters. The average Bonchev–Trinajstić information content (AvgIpc) is 3.34. The fourth-order valence-electron chi connectivity index (χ4n) is 3.89. The molecule has 10 heteroatoms. The number of aryl methyl sites for hydroxylation is 2. The number of oxazole rings is 1. The van der Waals surface area contributed by atoms with E-state index in [2.05, 4.69) is 32.2 Å². The lowest BCUT2D eigenvalue weighted by atomic mass is 10.1. The normalized spacial score (nSPS) is 17.4. The molecule has 1 amide bonds. The van der Waals surface area contributed by atoms with Crippen molar-refractivity contribution in [3.63, 3.8) is 0 Å². The summed E-state index contributed by atoms with van der Waals surface area (Å²) in [5.74, 6) is 1.26. The Labute approximate surface area is 191 Å². The molecule has 168 valence electrons. The van der Waals surface area contributed by atoms with Gasteiger partial charge in [-0.1, -0.05) is 17.7 Å². The second kappa shape index (κ2) is 9.62. The van der Waals surface area contributed by atoms with Crippen molar-refractivity contribution < 1.29 is 9.21 Å². The number of benzene rings is 1. The molecular formula is C22H26ClN7O2. The SMILES string of the molecule is Cc1nnn(Cc2cc(Cl)ccc2C=CC(=O)N2CCN(Cc3coc(C)n3)CC2C)n1. The van der Waals surface area contributed by atoms with Gasteiger partial charge >= 0.3 is 0 Å². The van der Waals surface area contributed by atoms with Crippen LogP contribution in [-0.2, 0) is 17.9 Å². The second-order valence-corrected chi connectivity index (χ2v) is 8.45. The molecule has 1 fully saturated rings. The molecular weight excluding hydrogens is 430 g/mol. The van der Waals surface area contributed by atoms with Crippen LogP contribution in [0.1, 0.15) is 35.5 Å². The zero-order valence-electron chi connectivity index (χ0n) is 18.4. The highest BCUT2D eigenvalue weighted by atomic mass is 35.5. The molecule has 2 aromatic heterocycles. The number of amides is 1. The number of carbonyl (C=O) groups is 1. The summed E-state index contributed by atoms with van der Waals surface area (Å²) >= 11 is 6.18. The van der Waals surface area contributed by atoms with Gasteiger partial charge in [0.2, 0.25) is 5.91 Å². The fourth-order valence-corrected chi connectivity index (χ4v) is 4.08. The van der Waals surface area contributed by atoms with Crippen molar-refractivity contribution in [3.05, 3.63) is 64.1 Å². The van der Waals surface area contributed by atoms with Crippen LogP contribution >= 0.6 is 11.6 Å². The Bertz CT molecular complexity index is 1120. The number of carbonyl (C=O) groups excluding carboxylic acids is 1. The average molecular weight is 456 g/mol. The molecule has 1 aliphatic rings. The van der Waals surface area contributed by atoms with Crippen molar-refractivity contribution in [2.45, 2.75) is 39.9 Å². The molecule has 1 aromatic carbocycles. The van der Waals surface area contributed by atoms with Crippen LogP contribution in [0.5, 0.6) is 0 Å². The lowest BCUT2D eigenvalue weighted by molar-refractivity contribution is -0.130. The Kier molecular flexibility index (Phi) is 6.66. The van der Waals surface area contributed by atoms with Crippen LogP contribution in [0, 0.1) is 13.8 Å². The van der Waals surface area contributed by atoms with Crippen molar-refractivity contribution in [3.8, 4) is 0 Å². The Morgan fingerprint density at radius 1 is 1.28 bits per heavy atom. The van der Waals surface area contributed by atoms with E-state index in [1.807, 2.05) is 36.1 Å². The summed E-state index contributed by atoms with van der Waals surface area (Å²) in [7, 11) is 0. The van der Waals surface area contributed by atoms with Crippen LogP contribution in [0.25, 0.3) is 6.08 Å². The van der Waals surface area contributed by atoms with Crippen LogP contribution in [0.15, 0.2) is 35.0 Å². The van der Waals surface area contributed by atoms with Crippen molar-refractivity contribution in [1.82, 2.24) is 35.0 Å². The molecule has 0 bridgehead atoms. The number of hydrogen-bond acceptors (Lipinski definition) is 7. The van der Waals surface area contributed by atoms with Gasteiger partial charge in [0, 0.05) is 50.2 Å². The molecule has 0 radical (unpaired) electrons. The third-order valence-corrected chi connectivity index (χ3v) is 5.66. The van der Waals surface area contributed by atoms with Gasteiger partial charge in [-0.05, 0) is 48.4 Å². The summed E-state index contributed by atoms with van der Waals surface area (Å²) < 4.78 is 5.29. The minimum atomic E-state index is -0.00921. The lowest BCUT2D eigenvalue weighted by Gasteiger charge is -2.39. The Hall–Kier alpha value is -3.04. The van der Waals surface area contributed by atoms with E-state index < -0.39 is 0 Å². The third kappa shape index (κ3) is 5.41. The number of halogens is 1. The van der Waals surface area contributed by atoms with Crippen molar-refractivity contribution in [2.24, 2.45) is 0 Å².